The van der Waals surface area contributed by atoms with Gasteiger partial charge in [-0.15, -0.1) is 0 Å². The van der Waals surface area contributed by atoms with Gasteiger partial charge in [0.2, 0.25) is 0 Å². The number of hydrogen-bond donors (Lipinski definition) is 0. The molecule has 1 aromatic rings. The van der Waals surface area contributed by atoms with Crippen LogP contribution in [0.1, 0.15) is 38.1 Å². The summed E-state index contributed by atoms with van der Waals surface area (Å²) in [7, 11) is 3.81. The van der Waals surface area contributed by atoms with Crippen LogP contribution in [-0.2, 0) is 24.8 Å². The lowest BCUT2D eigenvalue weighted by Crippen LogP contribution is -2.37. The number of nitrogens with zero attached hydrogens (tertiary/aromatic N) is 3. The molecule has 114 valence electrons. The summed E-state index contributed by atoms with van der Waals surface area (Å²) in [5, 5.41) is 4.59. The van der Waals surface area contributed by atoms with E-state index in [9.17, 15) is 0 Å². The zero-order valence-corrected chi connectivity index (χ0v) is 14.6. The van der Waals surface area contributed by atoms with Crippen LogP contribution in [0.2, 0.25) is 0 Å². The Kier molecular flexibility index (Phi) is 5.64. The van der Waals surface area contributed by atoms with Crippen LogP contribution in [-0.4, -0.2) is 41.0 Å². The third kappa shape index (κ3) is 3.62. The number of ether oxygens (including phenoxy) is 1. The molecule has 1 saturated carbocycles. The Morgan fingerprint density at radius 1 is 1.50 bits per heavy atom. The van der Waals surface area contributed by atoms with Gasteiger partial charge >= 0.3 is 0 Å². The Morgan fingerprint density at radius 3 is 2.70 bits per heavy atom. The summed E-state index contributed by atoms with van der Waals surface area (Å²) < 4.78 is 8.46. The maximum Gasteiger partial charge on any atom is 0.0767 e. The van der Waals surface area contributed by atoms with Crippen LogP contribution < -0.4 is 0 Å². The predicted molar refractivity (Wildman–Crippen MR) is 84.8 cm³/mol. The lowest BCUT2D eigenvalue weighted by atomic mass is 10.1. The van der Waals surface area contributed by atoms with Crippen LogP contribution in [0.4, 0.5) is 0 Å². The average molecular weight is 344 g/mol. The van der Waals surface area contributed by atoms with Gasteiger partial charge in [-0.3, -0.25) is 9.58 Å². The maximum absolute atomic E-state index is 5.27. The Balaban J connectivity index is 2.11. The van der Waals surface area contributed by atoms with Crippen LogP contribution in [0.3, 0.4) is 0 Å². The average Bonchev–Trinajstić information content (AvgIpc) is 3.24. The quantitative estimate of drug-likeness (QED) is 0.726. The minimum Gasteiger partial charge on any atom is -0.383 e. The molecule has 1 atom stereocenters. The second-order valence-electron chi connectivity index (χ2n) is 5.73. The molecule has 0 aromatic carbocycles. The van der Waals surface area contributed by atoms with Gasteiger partial charge < -0.3 is 4.74 Å². The monoisotopic (exact) mass is 343 g/mol. The highest BCUT2D eigenvalue weighted by molar-refractivity contribution is 9.10. The summed E-state index contributed by atoms with van der Waals surface area (Å²) in [6, 6.07) is 0.622. The maximum atomic E-state index is 5.27. The first-order chi connectivity index (χ1) is 9.58. The first-order valence-electron chi connectivity index (χ1n) is 7.51. The van der Waals surface area contributed by atoms with Gasteiger partial charge in [-0.25, -0.2) is 0 Å². The van der Waals surface area contributed by atoms with E-state index in [1.54, 1.807) is 7.11 Å². The molecule has 1 aliphatic carbocycles. The van der Waals surface area contributed by atoms with Gasteiger partial charge in [-0.1, -0.05) is 6.92 Å². The van der Waals surface area contributed by atoms with Crippen LogP contribution in [0.5, 0.6) is 0 Å². The van der Waals surface area contributed by atoms with E-state index in [0.717, 1.165) is 37.7 Å². The summed E-state index contributed by atoms with van der Waals surface area (Å²) in [6.45, 7) is 7.19. The van der Waals surface area contributed by atoms with Crippen molar-refractivity contribution in [3.05, 3.63) is 15.9 Å². The standard InChI is InChI=1S/C15H26BrN3O/c1-5-13-15(16)14(18(3)17-13)10-19(8-9-20-4)11(2)12-6-7-12/h11-12H,5-10H2,1-4H3. The van der Waals surface area contributed by atoms with Crippen LogP contribution in [0.25, 0.3) is 0 Å². The highest BCUT2D eigenvalue weighted by Gasteiger charge is 2.32. The van der Waals surface area contributed by atoms with Gasteiger partial charge in [-0.2, -0.15) is 5.10 Å². The van der Waals surface area contributed by atoms with E-state index in [1.807, 2.05) is 11.7 Å². The van der Waals surface area contributed by atoms with E-state index in [4.69, 9.17) is 4.74 Å². The Hall–Kier alpha value is -0.390. The van der Waals surface area contributed by atoms with Gasteiger partial charge in [-0.05, 0) is 48.0 Å². The largest absolute Gasteiger partial charge is 0.383 e. The fraction of sp³-hybridized carbons (Fsp3) is 0.800. The molecule has 1 heterocycles. The minimum atomic E-state index is 0.622. The number of halogens is 1. The lowest BCUT2D eigenvalue weighted by Gasteiger charge is -2.29. The lowest BCUT2D eigenvalue weighted by molar-refractivity contribution is 0.109. The van der Waals surface area contributed by atoms with Crippen molar-refractivity contribution in [3.8, 4) is 0 Å². The molecule has 0 bridgehead atoms. The van der Waals surface area contributed by atoms with Crippen LogP contribution >= 0.6 is 15.9 Å². The Morgan fingerprint density at radius 2 is 2.20 bits per heavy atom. The van der Waals surface area contributed by atoms with Crippen molar-refractivity contribution in [2.75, 3.05) is 20.3 Å². The first-order valence-corrected chi connectivity index (χ1v) is 8.31. The molecule has 0 amide bonds. The molecule has 5 heteroatoms. The molecule has 1 aromatic heterocycles. The highest BCUT2D eigenvalue weighted by Crippen LogP contribution is 2.36. The van der Waals surface area contributed by atoms with Crippen molar-refractivity contribution in [3.63, 3.8) is 0 Å². The van der Waals surface area contributed by atoms with E-state index in [0.29, 0.717) is 6.04 Å². The van der Waals surface area contributed by atoms with Crippen molar-refractivity contribution in [1.29, 1.82) is 0 Å². The minimum absolute atomic E-state index is 0.622. The number of rotatable bonds is 8. The molecule has 0 N–H and O–H groups in total. The Labute approximate surface area is 130 Å². The first kappa shape index (κ1) is 16.0. The fourth-order valence-corrected chi connectivity index (χ4v) is 3.44. The smallest absolute Gasteiger partial charge is 0.0767 e. The SMILES string of the molecule is CCc1nn(C)c(CN(CCOC)C(C)C2CC2)c1Br. The molecule has 4 nitrogen and oxygen atoms in total. The molecular formula is C15H26BrN3O. The molecule has 0 aliphatic heterocycles. The summed E-state index contributed by atoms with van der Waals surface area (Å²) in [5.41, 5.74) is 2.42. The van der Waals surface area contributed by atoms with Crippen molar-refractivity contribution in [2.45, 2.75) is 45.7 Å². The molecule has 1 fully saturated rings. The second kappa shape index (κ2) is 7.05. The van der Waals surface area contributed by atoms with Crippen LogP contribution in [0, 0.1) is 5.92 Å². The van der Waals surface area contributed by atoms with Gasteiger partial charge in [0.15, 0.2) is 0 Å². The van der Waals surface area contributed by atoms with Gasteiger partial charge in [0.05, 0.1) is 22.5 Å². The zero-order valence-electron chi connectivity index (χ0n) is 13.0. The summed E-state index contributed by atoms with van der Waals surface area (Å²) in [4.78, 5) is 2.53. The van der Waals surface area contributed by atoms with Crippen LogP contribution in [0.15, 0.2) is 4.47 Å². The third-order valence-corrected chi connectivity index (χ3v) is 5.23. The van der Waals surface area contributed by atoms with Gasteiger partial charge in [0.25, 0.3) is 0 Å². The number of aromatic nitrogens is 2. The molecule has 20 heavy (non-hydrogen) atoms. The van der Waals surface area contributed by atoms with E-state index in [-0.39, 0.29) is 0 Å². The molecule has 0 saturated heterocycles. The molecule has 1 aliphatic rings. The molecule has 0 spiro atoms. The molecule has 1 unspecified atom stereocenters. The summed E-state index contributed by atoms with van der Waals surface area (Å²) in [6.07, 6.45) is 3.71. The second-order valence-corrected chi connectivity index (χ2v) is 6.52. The third-order valence-electron chi connectivity index (χ3n) is 4.32. The summed E-state index contributed by atoms with van der Waals surface area (Å²) in [5.74, 6) is 0.865. The van der Waals surface area contributed by atoms with Crippen molar-refractivity contribution < 1.29 is 4.74 Å². The summed E-state index contributed by atoms with van der Waals surface area (Å²) >= 11 is 3.72. The van der Waals surface area contributed by atoms with E-state index < -0.39 is 0 Å². The highest BCUT2D eigenvalue weighted by atomic mass is 79.9. The molecule has 0 radical (unpaired) electrons. The topological polar surface area (TPSA) is 30.3 Å². The van der Waals surface area contributed by atoms with E-state index >= 15 is 0 Å². The van der Waals surface area contributed by atoms with Crippen molar-refractivity contribution >= 4 is 15.9 Å². The number of methoxy groups -OCH3 is 1. The number of aryl methyl sites for hydroxylation is 2. The van der Waals surface area contributed by atoms with Crippen molar-refractivity contribution in [1.82, 2.24) is 14.7 Å². The fourth-order valence-electron chi connectivity index (χ4n) is 2.70. The Bertz CT molecular complexity index is 443. The van der Waals surface area contributed by atoms with Gasteiger partial charge in [0.1, 0.15) is 0 Å². The zero-order chi connectivity index (χ0) is 14.7. The van der Waals surface area contributed by atoms with Crippen molar-refractivity contribution in [2.24, 2.45) is 13.0 Å². The number of hydrogen-bond acceptors (Lipinski definition) is 3. The predicted octanol–water partition coefficient (Wildman–Crippen LogP) is 2.99. The molecular weight excluding hydrogens is 318 g/mol. The van der Waals surface area contributed by atoms with E-state index in [1.165, 1.54) is 23.0 Å². The molecule has 2 rings (SSSR count). The normalized spacial score (nSPS) is 16.9. The van der Waals surface area contributed by atoms with E-state index in [2.05, 4.69) is 39.8 Å². The van der Waals surface area contributed by atoms with Gasteiger partial charge in [0, 0.05) is 33.3 Å².